The molecule has 0 aliphatic rings. The molecule has 3 aromatic rings. The normalized spacial score (nSPS) is 10.8. The molecule has 0 saturated carbocycles. The molecule has 0 aliphatic carbocycles. The van der Waals surface area contributed by atoms with Gasteiger partial charge < -0.3 is 13.9 Å². The van der Waals surface area contributed by atoms with Crippen molar-refractivity contribution in [1.82, 2.24) is 4.40 Å². The predicted molar refractivity (Wildman–Crippen MR) is 98.4 cm³/mol. The number of hydrogen-bond donors (Lipinski definition) is 0. The molecular formula is C19H18BrNO3. The molecule has 0 atom stereocenters. The van der Waals surface area contributed by atoms with Crippen LogP contribution in [0.4, 0.5) is 0 Å². The number of fused-ring (bicyclic) bond motifs is 1. The van der Waals surface area contributed by atoms with Gasteiger partial charge >= 0.3 is 0 Å². The number of nitrogens with zero attached hydrogens (tertiary/aromatic N) is 1. The molecule has 0 saturated heterocycles. The summed E-state index contributed by atoms with van der Waals surface area (Å²) in [7, 11) is 3.22. The molecule has 0 radical (unpaired) electrons. The fourth-order valence-electron chi connectivity index (χ4n) is 2.85. The summed E-state index contributed by atoms with van der Waals surface area (Å²) in [4.78, 5) is 11.8. The van der Waals surface area contributed by atoms with Gasteiger partial charge in [0.1, 0.15) is 11.5 Å². The number of methoxy groups -OCH3 is 2. The van der Waals surface area contributed by atoms with Gasteiger partial charge in [-0.1, -0.05) is 13.0 Å². The van der Waals surface area contributed by atoms with E-state index in [4.69, 9.17) is 9.47 Å². The lowest BCUT2D eigenvalue weighted by atomic mass is 10.0. The zero-order valence-corrected chi connectivity index (χ0v) is 15.4. The molecule has 0 bridgehead atoms. The first-order chi connectivity index (χ1) is 11.6. The first-order valence-corrected chi connectivity index (χ1v) is 8.43. The minimum atomic E-state index is 0.607. The fourth-order valence-corrected chi connectivity index (χ4v) is 3.35. The molecule has 0 amide bonds. The lowest BCUT2D eigenvalue weighted by Crippen LogP contribution is -1.96. The number of carbonyl (C=O) groups is 1. The van der Waals surface area contributed by atoms with E-state index in [1.807, 2.05) is 34.9 Å². The van der Waals surface area contributed by atoms with Crippen molar-refractivity contribution in [2.45, 2.75) is 13.3 Å². The predicted octanol–water partition coefficient (Wildman–Crippen LogP) is 4.76. The van der Waals surface area contributed by atoms with E-state index in [9.17, 15) is 4.79 Å². The summed E-state index contributed by atoms with van der Waals surface area (Å²) in [6.45, 7) is 2.09. The van der Waals surface area contributed by atoms with Gasteiger partial charge in [0, 0.05) is 28.9 Å². The molecule has 0 aliphatic heterocycles. The molecule has 0 unspecified atom stereocenters. The highest BCUT2D eigenvalue weighted by Gasteiger charge is 2.18. The van der Waals surface area contributed by atoms with Crippen LogP contribution in [0.1, 0.15) is 23.0 Å². The molecule has 3 rings (SSSR count). The summed E-state index contributed by atoms with van der Waals surface area (Å²) >= 11 is 3.51. The van der Waals surface area contributed by atoms with Gasteiger partial charge in [-0.15, -0.1) is 0 Å². The van der Waals surface area contributed by atoms with E-state index < -0.39 is 0 Å². The second-order valence-electron chi connectivity index (χ2n) is 5.43. The highest BCUT2D eigenvalue weighted by atomic mass is 79.9. The van der Waals surface area contributed by atoms with Crippen LogP contribution in [-0.2, 0) is 6.42 Å². The third-order valence-electron chi connectivity index (χ3n) is 4.15. The Morgan fingerprint density at radius 2 is 1.83 bits per heavy atom. The Morgan fingerprint density at radius 3 is 2.46 bits per heavy atom. The Hall–Kier alpha value is -2.27. The first-order valence-electron chi connectivity index (χ1n) is 7.64. The summed E-state index contributed by atoms with van der Waals surface area (Å²) < 4.78 is 13.6. The van der Waals surface area contributed by atoms with Gasteiger partial charge in [0.05, 0.1) is 24.4 Å². The molecule has 124 valence electrons. The van der Waals surface area contributed by atoms with Gasteiger partial charge in [-0.05, 0) is 46.1 Å². The average molecular weight is 388 g/mol. The summed E-state index contributed by atoms with van der Waals surface area (Å²) in [5.74, 6) is 1.34. The van der Waals surface area contributed by atoms with Gasteiger partial charge in [0.25, 0.3) is 0 Å². The van der Waals surface area contributed by atoms with Gasteiger partial charge in [0.15, 0.2) is 6.29 Å². The number of aromatic nitrogens is 1. The fraction of sp³-hybridized carbons (Fsp3) is 0.211. The number of rotatable bonds is 5. The van der Waals surface area contributed by atoms with E-state index in [0.29, 0.717) is 17.2 Å². The summed E-state index contributed by atoms with van der Waals surface area (Å²) in [6.07, 6.45) is 3.81. The largest absolute Gasteiger partial charge is 0.496 e. The van der Waals surface area contributed by atoms with Crippen molar-refractivity contribution < 1.29 is 14.3 Å². The second kappa shape index (κ2) is 6.69. The van der Waals surface area contributed by atoms with Crippen molar-refractivity contribution in [1.29, 1.82) is 0 Å². The summed E-state index contributed by atoms with van der Waals surface area (Å²) in [5.41, 5.74) is 4.43. The van der Waals surface area contributed by atoms with E-state index >= 15 is 0 Å². The lowest BCUT2D eigenvalue weighted by Gasteiger charge is -2.12. The molecule has 1 aromatic carbocycles. The van der Waals surface area contributed by atoms with Crippen LogP contribution in [0, 0.1) is 0 Å². The van der Waals surface area contributed by atoms with Crippen LogP contribution in [-0.4, -0.2) is 24.9 Å². The Balaban J connectivity index is 2.29. The molecule has 5 heteroatoms. The van der Waals surface area contributed by atoms with Crippen LogP contribution in [0.25, 0.3) is 16.6 Å². The van der Waals surface area contributed by atoms with Gasteiger partial charge in [0.2, 0.25) is 0 Å². The Labute approximate surface area is 149 Å². The first kappa shape index (κ1) is 16.6. The second-order valence-corrected chi connectivity index (χ2v) is 6.29. The Bertz CT molecular complexity index is 915. The monoisotopic (exact) mass is 387 g/mol. The molecule has 0 fully saturated rings. The van der Waals surface area contributed by atoms with Crippen LogP contribution in [0.5, 0.6) is 11.5 Å². The summed E-state index contributed by atoms with van der Waals surface area (Å²) in [5, 5.41) is 0. The van der Waals surface area contributed by atoms with E-state index in [-0.39, 0.29) is 0 Å². The molecular weight excluding hydrogens is 370 g/mol. The molecule has 24 heavy (non-hydrogen) atoms. The van der Waals surface area contributed by atoms with Crippen molar-refractivity contribution in [3.63, 3.8) is 0 Å². The molecule has 4 nitrogen and oxygen atoms in total. The van der Waals surface area contributed by atoms with Crippen molar-refractivity contribution in [3.8, 4) is 22.6 Å². The van der Waals surface area contributed by atoms with Crippen LogP contribution in [0.15, 0.2) is 41.0 Å². The summed E-state index contributed by atoms with van der Waals surface area (Å²) in [6, 6.07) is 9.84. The molecule has 2 heterocycles. The van der Waals surface area contributed by atoms with E-state index in [1.165, 1.54) is 5.56 Å². The molecule has 0 N–H and O–H groups in total. The number of benzene rings is 1. The van der Waals surface area contributed by atoms with E-state index in [1.54, 1.807) is 14.2 Å². The maximum absolute atomic E-state index is 11.8. The number of carbonyl (C=O) groups excluding carboxylic acids is 1. The number of aryl methyl sites for hydroxylation is 1. The van der Waals surface area contributed by atoms with Gasteiger partial charge in [-0.3, -0.25) is 4.79 Å². The van der Waals surface area contributed by atoms with Crippen molar-refractivity contribution >= 4 is 27.7 Å². The van der Waals surface area contributed by atoms with Gasteiger partial charge in [-0.2, -0.15) is 0 Å². The van der Waals surface area contributed by atoms with Crippen LogP contribution in [0.3, 0.4) is 0 Å². The van der Waals surface area contributed by atoms with Crippen LogP contribution < -0.4 is 9.47 Å². The smallest absolute Gasteiger partial charge is 0.167 e. The zero-order chi connectivity index (χ0) is 17.3. The Kier molecular flexibility index (Phi) is 4.62. The standard InChI is InChI=1S/C19H18BrNO3/c1-4-12-5-6-13-7-14(17(11-22)21(13)10-12)15-8-16(20)19(24-3)9-18(15)23-2/h5-11H,4H2,1-3H3. The van der Waals surface area contributed by atoms with Crippen molar-refractivity contribution in [3.05, 3.63) is 52.3 Å². The topological polar surface area (TPSA) is 39.9 Å². The van der Waals surface area contributed by atoms with Crippen LogP contribution in [0.2, 0.25) is 0 Å². The van der Waals surface area contributed by atoms with E-state index in [0.717, 1.165) is 33.8 Å². The molecule has 2 aromatic heterocycles. The number of aldehydes is 1. The number of pyridine rings is 1. The number of hydrogen-bond acceptors (Lipinski definition) is 3. The minimum Gasteiger partial charge on any atom is -0.496 e. The van der Waals surface area contributed by atoms with Gasteiger partial charge in [-0.25, -0.2) is 0 Å². The average Bonchev–Trinajstić information content (AvgIpc) is 2.98. The lowest BCUT2D eigenvalue weighted by molar-refractivity contribution is 0.111. The van der Waals surface area contributed by atoms with Crippen LogP contribution >= 0.6 is 15.9 Å². The zero-order valence-electron chi connectivity index (χ0n) is 13.8. The Morgan fingerprint density at radius 1 is 1.08 bits per heavy atom. The maximum Gasteiger partial charge on any atom is 0.167 e. The highest BCUT2D eigenvalue weighted by Crippen LogP contribution is 2.40. The SMILES string of the molecule is CCc1ccc2cc(-c3cc(Br)c(OC)cc3OC)c(C=O)n2c1. The quantitative estimate of drug-likeness (QED) is 0.592. The number of ether oxygens (including phenoxy) is 2. The van der Waals surface area contributed by atoms with E-state index in [2.05, 4.69) is 28.9 Å². The molecule has 0 spiro atoms. The third-order valence-corrected chi connectivity index (χ3v) is 4.77. The van der Waals surface area contributed by atoms with Crippen molar-refractivity contribution in [2.24, 2.45) is 0 Å². The highest BCUT2D eigenvalue weighted by molar-refractivity contribution is 9.10. The minimum absolute atomic E-state index is 0.607. The number of halogens is 1. The third kappa shape index (κ3) is 2.69. The van der Waals surface area contributed by atoms with Crippen molar-refractivity contribution in [2.75, 3.05) is 14.2 Å². The maximum atomic E-state index is 11.8.